The fourth-order valence-corrected chi connectivity index (χ4v) is 2.86. The van der Waals surface area contributed by atoms with Crippen molar-refractivity contribution in [2.45, 2.75) is 52.0 Å². The van der Waals surface area contributed by atoms with Crippen molar-refractivity contribution in [1.82, 2.24) is 5.32 Å². The zero-order valence-corrected chi connectivity index (χ0v) is 12.8. The normalized spacial score (nSPS) is 19.4. The van der Waals surface area contributed by atoms with Gasteiger partial charge >= 0.3 is 0 Å². The predicted octanol–water partition coefficient (Wildman–Crippen LogP) is 3.88. The number of nitrogens with one attached hydrogen (secondary N) is 2. The van der Waals surface area contributed by atoms with Gasteiger partial charge in [-0.2, -0.15) is 0 Å². The number of rotatable bonds is 4. The molecule has 0 aromatic heterocycles. The molecule has 1 fully saturated rings. The molecule has 1 unspecified atom stereocenters. The second kappa shape index (κ2) is 6.40. The molecule has 0 saturated heterocycles. The van der Waals surface area contributed by atoms with Gasteiger partial charge in [-0.3, -0.25) is 4.79 Å². The Morgan fingerprint density at radius 3 is 2.30 bits per heavy atom. The summed E-state index contributed by atoms with van der Waals surface area (Å²) in [7, 11) is 1.95. The summed E-state index contributed by atoms with van der Waals surface area (Å²) >= 11 is 0. The van der Waals surface area contributed by atoms with Crippen molar-refractivity contribution < 1.29 is 4.79 Å². The maximum Gasteiger partial charge on any atom is 0.230 e. The van der Waals surface area contributed by atoms with E-state index >= 15 is 0 Å². The molecule has 1 saturated carbocycles. The van der Waals surface area contributed by atoms with Crippen molar-refractivity contribution >= 4 is 11.6 Å². The van der Waals surface area contributed by atoms with Gasteiger partial charge in [-0.15, -0.1) is 0 Å². The zero-order chi connectivity index (χ0) is 14.6. The fraction of sp³-hybridized carbons (Fsp3) is 0.588. The molecule has 110 valence electrons. The number of benzene rings is 1. The van der Waals surface area contributed by atoms with Crippen molar-refractivity contribution in [2.75, 3.05) is 12.4 Å². The lowest BCUT2D eigenvalue weighted by molar-refractivity contribution is -0.126. The molecule has 1 aromatic carbocycles. The van der Waals surface area contributed by atoms with Crippen LogP contribution < -0.4 is 10.6 Å². The van der Waals surface area contributed by atoms with Crippen LogP contribution in [0.4, 0.5) is 5.69 Å². The van der Waals surface area contributed by atoms with Crippen LogP contribution in [0.3, 0.4) is 0 Å². The first-order chi connectivity index (χ1) is 9.55. The van der Waals surface area contributed by atoms with Gasteiger partial charge in [0.2, 0.25) is 5.91 Å². The molecular formula is C17H26N2O. The van der Waals surface area contributed by atoms with E-state index in [1.54, 1.807) is 0 Å². The maximum absolute atomic E-state index is 12.4. The highest BCUT2D eigenvalue weighted by molar-refractivity contribution is 5.95. The van der Waals surface area contributed by atoms with Gasteiger partial charge in [-0.05, 0) is 44.5 Å². The van der Waals surface area contributed by atoms with Crippen molar-refractivity contribution in [3.8, 4) is 0 Å². The molecule has 1 aliphatic rings. The van der Waals surface area contributed by atoms with Gasteiger partial charge in [0.15, 0.2) is 0 Å². The molecule has 3 heteroatoms. The fourth-order valence-electron chi connectivity index (χ4n) is 2.86. The number of carbonyl (C=O) groups excluding carboxylic acids is 1. The van der Waals surface area contributed by atoms with Crippen LogP contribution in [0.15, 0.2) is 24.3 Å². The van der Waals surface area contributed by atoms with Gasteiger partial charge in [0.05, 0.1) is 0 Å². The first-order valence-electron chi connectivity index (χ1n) is 7.64. The summed E-state index contributed by atoms with van der Waals surface area (Å²) in [4.78, 5) is 12.4. The van der Waals surface area contributed by atoms with Gasteiger partial charge < -0.3 is 10.6 Å². The third kappa shape index (κ3) is 3.40. The molecule has 0 heterocycles. The molecular weight excluding hydrogens is 248 g/mol. The number of hydrogen-bond donors (Lipinski definition) is 2. The van der Waals surface area contributed by atoms with Crippen LogP contribution in [0, 0.1) is 5.41 Å². The molecule has 1 aromatic rings. The van der Waals surface area contributed by atoms with E-state index in [0.29, 0.717) is 6.04 Å². The first-order valence-corrected chi connectivity index (χ1v) is 7.64. The van der Waals surface area contributed by atoms with Crippen LogP contribution in [-0.4, -0.2) is 13.0 Å². The number of hydrogen-bond acceptors (Lipinski definition) is 2. The third-order valence-electron chi connectivity index (χ3n) is 4.61. The van der Waals surface area contributed by atoms with Crippen LogP contribution in [-0.2, 0) is 4.79 Å². The molecule has 2 N–H and O–H groups in total. The average Bonchev–Trinajstić information content (AvgIpc) is 2.48. The molecule has 1 aliphatic carbocycles. The molecule has 0 aliphatic heterocycles. The van der Waals surface area contributed by atoms with Crippen LogP contribution in [0.5, 0.6) is 0 Å². The van der Waals surface area contributed by atoms with E-state index in [0.717, 1.165) is 18.5 Å². The van der Waals surface area contributed by atoms with E-state index < -0.39 is 0 Å². The Morgan fingerprint density at radius 1 is 1.15 bits per heavy atom. The second-order valence-electron chi connectivity index (χ2n) is 6.21. The van der Waals surface area contributed by atoms with Crippen LogP contribution in [0.25, 0.3) is 0 Å². The summed E-state index contributed by atoms with van der Waals surface area (Å²) in [6, 6.07) is 8.45. The highest BCUT2D eigenvalue weighted by Gasteiger charge is 2.34. The van der Waals surface area contributed by atoms with E-state index in [-0.39, 0.29) is 11.3 Å². The lowest BCUT2D eigenvalue weighted by Gasteiger charge is -2.32. The monoisotopic (exact) mass is 274 g/mol. The lowest BCUT2D eigenvalue weighted by atomic mass is 9.75. The van der Waals surface area contributed by atoms with E-state index in [1.165, 1.54) is 24.8 Å². The molecule has 1 amide bonds. The summed E-state index contributed by atoms with van der Waals surface area (Å²) in [6.07, 6.45) is 5.62. The van der Waals surface area contributed by atoms with Crippen molar-refractivity contribution in [3.63, 3.8) is 0 Å². The summed E-state index contributed by atoms with van der Waals surface area (Å²) in [5.41, 5.74) is 1.94. The summed E-state index contributed by atoms with van der Waals surface area (Å²) in [6.45, 7) is 4.22. The van der Waals surface area contributed by atoms with E-state index in [9.17, 15) is 4.79 Å². The Bertz CT molecular complexity index is 447. The Morgan fingerprint density at radius 2 is 1.75 bits per heavy atom. The van der Waals surface area contributed by atoms with E-state index in [2.05, 4.69) is 36.6 Å². The molecule has 2 rings (SSSR count). The molecule has 0 bridgehead atoms. The Labute approximate surface area is 122 Å². The van der Waals surface area contributed by atoms with E-state index in [1.807, 2.05) is 19.2 Å². The second-order valence-corrected chi connectivity index (χ2v) is 6.21. The minimum Gasteiger partial charge on any atom is -0.326 e. The van der Waals surface area contributed by atoms with Gasteiger partial charge in [0.25, 0.3) is 0 Å². The minimum atomic E-state index is -0.185. The highest BCUT2D eigenvalue weighted by Crippen LogP contribution is 2.36. The summed E-state index contributed by atoms with van der Waals surface area (Å²) in [5.74, 6) is 0.173. The standard InChI is InChI=1S/C17H26N2O/c1-13(18-3)14-7-9-15(10-8-14)19-16(20)17(2)11-5-4-6-12-17/h7-10,13,18H,4-6,11-12H2,1-3H3,(H,19,20). The van der Waals surface area contributed by atoms with Crippen molar-refractivity contribution in [1.29, 1.82) is 0 Å². The molecule has 0 radical (unpaired) electrons. The van der Waals surface area contributed by atoms with Crippen LogP contribution in [0.2, 0.25) is 0 Å². The minimum absolute atomic E-state index is 0.173. The van der Waals surface area contributed by atoms with E-state index in [4.69, 9.17) is 0 Å². The average molecular weight is 274 g/mol. The quantitative estimate of drug-likeness (QED) is 0.875. The third-order valence-corrected chi connectivity index (χ3v) is 4.61. The van der Waals surface area contributed by atoms with Crippen molar-refractivity contribution in [3.05, 3.63) is 29.8 Å². The first kappa shape index (κ1) is 15.0. The molecule has 3 nitrogen and oxygen atoms in total. The Balaban J connectivity index is 2.00. The Kier molecular flexibility index (Phi) is 4.81. The summed E-state index contributed by atoms with van der Waals surface area (Å²) in [5, 5.41) is 6.29. The smallest absolute Gasteiger partial charge is 0.230 e. The molecule has 1 atom stereocenters. The van der Waals surface area contributed by atoms with Crippen LogP contribution >= 0.6 is 0 Å². The molecule has 0 spiro atoms. The predicted molar refractivity (Wildman–Crippen MR) is 83.7 cm³/mol. The van der Waals surface area contributed by atoms with Gasteiger partial charge in [-0.25, -0.2) is 0 Å². The lowest BCUT2D eigenvalue weighted by Crippen LogP contribution is -2.35. The van der Waals surface area contributed by atoms with Crippen molar-refractivity contribution in [2.24, 2.45) is 5.41 Å². The highest BCUT2D eigenvalue weighted by atomic mass is 16.2. The van der Waals surface area contributed by atoms with Gasteiger partial charge in [-0.1, -0.05) is 38.3 Å². The summed E-state index contributed by atoms with van der Waals surface area (Å²) < 4.78 is 0. The zero-order valence-electron chi connectivity index (χ0n) is 12.8. The van der Waals surface area contributed by atoms with Gasteiger partial charge in [0, 0.05) is 17.1 Å². The Hall–Kier alpha value is -1.35. The number of amides is 1. The SMILES string of the molecule is CNC(C)c1ccc(NC(=O)C2(C)CCCCC2)cc1. The largest absolute Gasteiger partial charge is 0.326 e. The number of carbonyl (C=O) groups is 1. The molecule has 20 heavy (non-hydrogen) atoms. The topological polar surface area (TPSA) is 41.1 Å². The van der Waals surface area contributed by atoms with Gasteiger partial charge in [0.1, 0.15) is 0 Å². The van der Waals surface area contributed by atoms with Crippen LogP contribution in [0.1, 0.15) is 57.6 Å². The number of anilines is 1. The maximum atomic E-state index is 12.4.